The molecule has 0 amide bonds. The second-order valence-corrected chi connectivity index (χ2v) is 17.7. The van der Waals surface area contributed by atoms with Crippen molar-refractivity contribution in [2.24, 2.45) is 0 Å². The lowest BCUT2D eigenvalue weighted by Gasteiger charge is -2.35. The van der Waals surface area contributed by atoms with Gasteiger partial charge in [-0.25, -0.2) is 0 Å². The average Bonchev–Trinajstić information content (AvgIpc) is 3.90. The van der Waals surface area contributed by atoms with Crippen molar-refractivity contribution in [1.29, 1.82) is 0 Å². The Labute approximate surface area is 390 Å². The Hall–Kier alpha value is -8.72. The van der Waals surface area contributed by atoms with Gasteiger partial charge in [-0.1, -0.05) is 206 Å². The van der Waals surface area contributed by atoms with Crippen LogP contribution in [0.25, 0.3) is 71.6 Å². The molecule has 0 bridgehead atoms. The number of rotatable bonds is 8. The Balaban J connectivity index is 0.991. The number of fused-ring (bicyclic) bond motifs is 7. The molecular formula is C65H44N2. The summed E-state index contributed by atoms with van der Waals surface area (Å²) in [6, 6.07) is 98.2. The van der Waals surface area contributed by atoms with E-state index < -0.39 is 5.41 Å². The predicted octanol–water partition coefficient (Wildman–Crippen LogP) is 17.1. The minimum Gasteiger partial charge on any atom is -0.310 e. The van der Waals surface area contributed by atoms with E-state index >= 15 is 0 Å². The van der Waals surface area contributed by atoms with E-state index in [-0.39, 0.29) is 0 Å². The molecule has 13 rings (SSSR count). The minimum absolute atomic E-state index is 0.517. The van der Waals surface area contributed by atoms with Crippen LogP contribution in [0.15, 0.2) is 267 Å². The lowest BCUT2D eigenvalue weighted by Crippen LogP contribution is -2.28. The standard InChI is InChI=1S/C65H44N2/c1-4-17-45(18-5-1)47-31-35-53(36-32-47)67-63-30-15-13-28-59(63)60-39-34-50(43-64(60)67)49-21-16-26-54(42-49)66(55-37-33-46-19-10-11-20-48(46)41-55)56-38-40-58-57-27-12-14-29-61(57)65(62(58)44-56,51-22-6-2-7-23-51)52-24-8-3-9-25-52/h1-44H. The molecule has 0 fully saturated rings. The second-order valence-electron chi connectivity index (χ2n) is 17.7. The van der Waals surface area contributed by atoms with E-state index in [0.29, 0.717) is 0 Å². The maximum absolute atomic E-state index is 2.46. The summed E-state index contributed by atoms with van der Waals surface area (Å²) in [5.74, 6) is 0. The summed E-state index contributed by atoms with van der Waals surface area (Å²) in [6.45, 7) is 0. The third-order valence-electron chi connectivity index (χ3n) is 14.0. The maximum Gasteiger partial charge on any atom is 0.0714 e. The monoisotopic (exact) mass is 852 g/mol. The molecule has 1 aliphatic rings. The van der Waals surface area contributed by atoms with Crippen LogP contribution >= 0.6 is 0 Å². The van der Waals surface area contributed by atoms with Gasteiger partial charge in [-0.3, -0.25) is 0 Å². The van der Waals surface area contributed by atoms with Gasteiger partial charge in [-0.05, 0) is 127 Å². The Morgan fingerprint density at radius 1 is 0.299 bits per heavy atom. The van der Waals surface area contributed by atoms with Crippen molar-refractivity contribution in [2.75, 3.05) is 4.90 Å². The topological polar surface area (TPSA) is 8.17 Å². The first-order valence-electron chi connectivity index (χ1n) is 23.2. The van der Waals surface area contributed by atoms with Gasteiger partial charge < -0.3 is 9.47 Å². The molecule has 1 aromatic heterocycles. The van der Waals surface area contributed by atoms with Crippen molar-refractivity contribution in [3.8, 4) is 39.1 Å². The van der Waals surface area contributed by atoms with Crippen molar-refractivity contribution in [3.63, 3.8) is 0 Å². The highest BCUT2D eigenvalue weighted by atomic mass is 15.1. The van der Waals surface area contributed by atoms with Gasteiger partial charge in [-0.2, -0.15) is 0 Å². The molecule has 0 unspecified atom stereocenters. The largest absolute Gasteiger partial charge is 0.310 e. The van der Waals surface area contributed by atoms with E-state index in [0.717, 1.165) is 33.9 Å². The molecule has 0 radical (unpaired) electrons. The van der Waals surface area contributed by atoms with Crippen molar-refractivity contribution in [2.45, 2.75) is 5.41 Å². The zero-order chi connectivity index (χ0) is 44.3. The van der Waals surface area contributed by atoms with E-state index in [1.54, 1.807) is 0 Å². The van der Waals surface area contributed by atoms with Gasteiger partial charge in [0.2, 0.25) is 0 Å². The van der Waals surface area contributed by atoms with Crippen LogP contribution in [0.5, 0.6) is 0 Å². The van der Waals surface area contributed by atoms with Crippen molar-refractivity contribution >= 4 is 49.6 Å². The predicted molar refractivity (Wildman–Crippen MR) is 281 cm³/mol. The number of hydrogen-bond acceptors (Lipinski definition) is 1. The van der Waals surface area contributed by atoms with Crippen molar-refractivity contribution in [3.05, 3.63) is 289 Å². The molecule has 1 aliphatic carbocycles. The number of para-hydroxylation sites is 1. The first-order chi connectivity index (χ1) is 33.2. The van der Waals surface area contributed by atoms with E-state index in [1.165, 1.54) is 77.1 Å². The molecule has 0 spiro atoms. The third kappa shape index (κ3) is 6.26. The molecule has 0 N–H and O–H groups in total. The lowest BCUT2D eigenvalue weighted by molar-refractivity contribution is 0.768. The van der Waals surface area contributed by atoms with Gasteiger partial charge in [0.05, 0.1) is 16.4 Å². The fourth-order valence-corrected chi connectivity index (χ4v) is 11.0. The summed E-state index contributed by atoms with van der Waals surface area (Å²) < 4.78 is 2.42. The summed E-state index contributed by atoms with van der Waals surface area (Å²) in [4.78, 5) is 2.45. The molecule has 2 nitrogen and oxygen atoms in total. The molecule has 1 heterocycles. The Morgan fingerprint density at radius 3 is 1.64 bits per heavy atom. The Kier molecular flexibility index (Phi) is 9.11. The quantitative estimate of drug-likeness (QED) is 0.148. The molecular weight excluding hydrogens is 809 g/mol. The fourth-order valence-electron chi connectivity index (χ4n) is 11.0. The fraction of sp³-hybridized carbons (Fsp3) is 0.0154. The summed E-state index contributed by atoms with van der Waals surface area (Å²) in [5, 5.41) is 4.90. The van der Waals surface area contributed by atoms with Gasteiger partial charge in [0.25, 0.3) is 0 Å². The molecule has 11 aromatic carbocycles. The molecule has 314 valence electrons. The molecule has 2 heteroatoms. The number of aromatic nitrogens is 1. The van der Waals surface area contributed by atoms with E-state index in [2.05, 4.69) is 276 Å². The van der Waals surface area contributed by atoms with Crippen LogP contribution < -0.4 is 4.90 Å². The van der Waals surface area contributed by atoms with Crippen LogP contribution in [0.2, 0.25) is 0 Å². The van der Waals surface area contributed by atoms with Gasteiger partial charge in [-0.15, -0.1) is 0 Å². The molecule has 0 atom stereocenters. The SMILES string of the molecule is c1ccc(-c2ccc(-n3c4ccccc4c4ccc(-c5cccc(N(c6ccc7c(c6)C(c6ccccc6)(c6ccccc6)c6ccccc6-7)c6ccc7ccccc7c6)c5)cc43)cc2)cc1. The number of anilines is 3. The van der Waals surface area contributed by atoms with E-state index in [1.807, 2.05) is 0 Å². The van der Waals surface area contributed by atoms with Gasteiger partial charge in [0.1, 0.15) is 0 Å². The zero-order valence-corrected chi connectivity index (χ0v) is 36.8. The van der Waals surface area contributed by atoms with Crippen LogP contribution in [0.3, 0.4) is 0 Å². The van der Waals surface area contributed by atoms with Crippen LogP contribution in [0.1, 0.15) is 22.3 Å². The summed E-state index contributed by atoms with van der Waals surface area (Å²) in [6.07, 6.45) is 0. The first kappa shape index (κ1) is 38.7. The van der Waals surface area contributed by atoms with E-state index in [4.69, 9.17) is 0 Å². The van der Waals surface area contributed by atoms with Gasteiger partial charge >= 0.3 is 0 Å². The third-order valence-corrected chi connectivity index (χ3v) is 14.0. The van der Waals surface area contributed by atoms with Crippen LogP contribution in [-0.4, -0.2) is 4.57 Å². The highest BCUT2D eigenvalue weighted by molar-refractivity contribution is 6.10. The second kappa shape index (κ2) is 15.8. The number of hydrogen-bond donors (Lipinski definition) is 0. The van der Waals surface area contributed by atoms with E-state index in [9.17, 15) is 0 Å². The molecule has 12 aromatic rings. The van der Waals surface area contributed by atoms with Crippen LogP contribution in [0, 0.1) is 0 Å². The molecule has 0 saturated carbocycles. The summed E-state index contributed by atoms with van der Waals surface area (Å²) in [5.41, 5.74) is 18.6. The van der Waals surface area contributed by atoms with Crippen molar-refractivity contribution < 1.29 is 0 Å². The lowest BCUT2D eigenvalue weighted by atomic mass is 9.67. The normalized spacial score (nSPS) is 12.6. The highest BCUT2D eigenvalue weighted by Crippen LogP contribution is 2.57. The summed E-state index contributed by atoms with van der Waals surface area (Å²) in [7, 11) is 0. The first-order valence-corrected chi connectivity index (χ1v) is 23.2. The van der Waals surface area contributed by atoms with Crippen molar-refractivity contribution in [1.82, 2.24) is 4.57 Å². The Morgan fingerprint density at radius 2 is 0.851 bits per heavy atom. The highest BCUT2D eigenvalue weighted by Gasteiger charge is 2.46. The van der Waals surface area contributed by atoms with Crippen LogP contribution in [-0.2, 0) is 5.41 Å². The van der Waals surface area contributed by atoms with Gasteiger partial charge in [0, 0.05) is 33.5 Å². The Bertz CT molecular complexity index is 3750. The smallest absolute Gasteiger partial charge is 0.0714 e. The number of nitrogens with zero attached hydrogens (tertiary/aromatic N) is 2. The van der Waals surface area contributed by atoms with Gasteiger partial charge in [0.15, 0.2) is 0 Å². The average molecular weight is 853 g/mol. The zero-order valence-electron chi connectivity index (χ0n) is 36.8. The summed E-state index contributed by atoms with van der Waals surface area (Å²) >= 11 is 0. The maximum atomic E-state index is 2.46. The number of benzene rings is 11. The molecule has 67 heavy (non-hydrogen) atoms. The molecule has 0 saturated heterocycles. The van der Waals surface area contributed by atoms with Crippen LogP contribution in [0.4, 0.5) is 17.1 Å². The minimum atomic E-state index is -0.517. The molecule has 0 aliphatic heterocycles.